The van der Waals surface area contributed by atoms with E-state index in [1.54, 1.807) is 41.2 Å². The maximum atomic E-state index is 14.2. The van der Waals surface area contributed by atoms with Crippen molar-refractivity contribution in [3.63, 3.8) is 0 Å². The van der Waals surface area contributed by atoms with Gasteiger partial charge in [0.15, 0.2) is 0 Å². The largest absolute Gasteiger partial charge is 0.322 e. The summed E-state index contributed by atoms with van der Waals surface area (Å²) in [5, 5.41) is 10.8. The van der Waals surface area contributed by atoms with Crippen LogP contribution in [0.15, 0.2) is 54.7 Å². The van der Waals surface area contributed by atoms with Gasteiger partial charge in [-0.1, -0.05) is 37.3 Å². The summed E-state index contributed by atoms with van der Waals surface area (Å²) >= 11 is 0. The Kier molecular flexibility index (Phi) is 4.88. The van der Waals surface area contributed by atoms with E-state index in [1.165, 1.54) is 12.1 Å². The zero-order chi connectivity index (χ0) is 17.8. The van der Waals surface area contributed by atoms with Crippen molar-refractivity contribution in [3.05, 3.63) is 66.1 Å². The molecule has 6 heteroatoms. The van der Waals surface area contributed by atoms with E-state index >= 15 is 0 Å². The Balaban J connectivity index is 1.83. The minimum Gasteiger partial charge on any atom is -0.322 e. The highest BCUT2D eigenvalue weighted by Gasteiger charge is 2.13. The van der Waals surface area contributed by atoms with Gasteiger partial charge in [0.1, 0.15) is 11.5 Å². The van der Waals surface area contributed by atoms with Gasteiger partial charge in [0.25, 0.3) is 5.91 Å². The van der Waals surface area contributed by atoms with E-state index in [1.807, 2.05) is 6.07 Å². The maximum absolute atomic E-state index is 14.2. The lowest BCUT2D eigenvalue weighted by atomic mass is 10.1. The highest BCUT2D eigenvalue weighted by atomic mass is 19.1. The van der Waals surface area contributed by atoms with Crippen LogP contribution in [-0.4, -0.2) is 20.9 Å². The Hall–Kier alpha value is -3.02. The molecule has 0 aliphatic heterocycles. The minimum atomic E-state index is -0.408. The Bertz CT molecular complexity index is 874. The van der Waals surface area contributed by atoms with Crippen LogP contribution in [0.3, 0.4) is 0 Å². The van der Waals surface area contributed by atoms with Gasteiger partial charge in [-0.2, -0.15) is 0 Å². The summed E-state index contributed by atoms with van der Waals surface area (Å²) in [6.45, 7) is 4.85. The normalized spacial score (nSPS) is 10.9. The monoisotopic (exact) mass is 338 g/mol. The quantitative estimate of drug-likeness (QED) is 0.765. The van der Waals surface area contributed by atoms with Crippen LogP contribution in [0.5, 0.6) is 0 Å². The molecule has 128 valence electrons. The molecule has 1 N–H and O–H groups in total. The average molecular weight is 338 g/mol. The molecule has 0 unspecified atom stereocenters. The van der Waals surface area contributed by atoms with Crippen molar-refractivity contribution in [2.45, 2.75) is 20.4 Å². The summed E-state index contributed by atoms with van der Waals surface area (Å²) in [6.07, 6.45) is 1.71. The maximum Gasteiger partial charge on any atom is 0.255 e. The molecule has 1 aromatic heterocycles. The molecule has 0 bridgehead atoms. The second kappa shape index (κ2) is 7.25. The third-order valence-corrected chi connectivity index (χ3v) is 3.63. The highest BCUT2D eigenvalue weighted by molar-refractivity contribution is 6.04. The van der Waals surface area contributed by atoms with E-state index in [0.29, 0.717) is 35.0 Å². The molecule has 3 aromatic rings. The van der Waals surface area contributed by atoms with E-state index in [2.05, 4.69) is 29.5 Å². The second-order valence-electron chi connectivity index (χ2n) is 6.23. The predicted octanol–water partition coefficient (Wildman–Crippen LogP) is 3.99. The molecule has 25 heavy (non-hydrogen) atoms. The first kappa shape index (κ1) is 16.8. The number of hydrogen-bond acceptors (Lipinski definition) is 3. The first-order chi connectivity index (χ1) is 12.0. The fourth-order valence-electron chi connectivity index (χ4n) is 2.48. The summed E-state index contributed by atoms with van der Waals surface area (Å²) in [6, 6.07) is 13.3. The van der Waals surface area contributed by atoms with E-state index in [-0.39, 0.29) is 5.91 Å². The van der Waals surface area contributed by atoms with Gasteiger partial charge < -0.3 is 5.32 Å². The number of rotatable bonds is 5. The number of nitrogens with zero attached hydrogens (tertiary/aromatic N) is 3. The Morgan fingerprint density at radius 3 is 2.68 bits per heavy atom. The third kappa shape index (κ3) is 4.09. The van der Waals surface area contributed by atoms with Crippen molar-refractivity contribution in [1.29, 1.82) is 0 Å². The van der Waals surface area contributed by atoms with Crippen LogP contribution in [0.2, 0.25) is 0 Å². The Morgan fingerprint density at radius 2 is 1.96 bits per heavy atom. The Morgan fingerprint density at radius 1 is 1.20 bits per heavy atom. The first-order valence-electron chi connectivity index (χ1n) is 8.09. The molecule has 0 radical (unpaired) electrons. The second-order valence-corrected chi connectivity index (χ2v) is 6.23. The van der Waals surface area contributed by atoms with Crippen LogP contribution >= 0.6 is 0 Å². The molecule has 1 heterocycles. The Labute approximate surface area is 145 Å². The number of hydrogen-bond donors (Lipinski definition) is 1. The summed E-state index contributed by atoms with van der Waals surface area (Å²) in [5.74, 6) is -0.244. The van der Waals surface area contributed by atoms with Gasteiger partial charge in [0.05, 0.1) is 6.20 Å². The predicted molar refractivity (Wildman–Crippen MR) is 94.6 cm³/mol. The van der Waals surface area contributed by atoms with Gasteiger partial charge in [-0.15, -0.1) is 5.10 Å². The lowest BCUT2D eigenvalue weighted by molar-refractivity contribution is 0.102. The van der Waals surface area contributed by atoms with Gasteiger partial charge in [-0.25, -0.2) is 4.39 Å². The molecule has 0 fully saturated rings. The van der Waals surface area contributed by atoms with E-state index < -0.39 is 5.82 Å². The van der Waals surface area contributed by atoms with Crippen molar-refractivity contribution in [2.24, 2.45) is 5.92 Å². The van der Waals surface area contributed by atoms with Crippen molar-refractivity contribution in [2.75, 3.05) is 5.32 Å². The number of benzene rings is 2. The van der Waals surface area contributed by atoms with Crippen molar-refractivity contribution in [1.82, 2.24) is 15.0 Å². The molecule has 5 nitrogen and oxygen atoms in total. The third-order valence-electron chi connectivity index (χ3n) is 3.63. The van der Waals surface area contributed by atoms with Crippen LogP contribution in [0.1, 0.15) is 24.2 Å². The fourth-order valence-corrected chi connectivity index (χ4v) is 2.48. The van der Waals surface area contributed by atoms with Gasteiger partial charge in [0, 0.05) is 23.4 Å². The number of nitrogens with one attached hydrogen (secondary N) is 1. The minimum absolute atomic E-state index is 0.248. The number of halogens is 1. The molecule has 3 rings (SSSR count). The van der Waals surface area contributed by atoms with E-state index in [4.69, 9.17) is 0 Å². The van der Waals surface area contributed by atoms with Crippen LogP contribution in [0.4, 0.5) is 10.1 Å². The van der Waals surface area contributed by atoms with Crippen LogP contribution < -0.4 is 5.32 Å². The zero-order valence-corrected chi connectivity index (χ0v) is 14.1. The number of amides is 1. The smallest absolute Gasteiger partial charge is 0.255 e. The van der Waals surface area contributed by atoms with Crippen molar-refractivity contribution >= 4 is 11.6 Å². The molecule has 0 atom stereocenters. The molecule has 0 saturated carbocycles. The number of carbonyl (C=O) groups excluding carboxylic acids is 1. The summed E-state index contributed by atoms with van der Waals surface area (Å²) < 4.78 is 15.9. The average Bonchev–Trinajstić information content (AvgIpc) is 3.05. The molecule has 2 aromatic carbocycles. The molecule has 0 saturated heterocycles. The molecule has 1 amide bonds. The van der Waals surface area contributed by atoms with Crippen LogP contribution in [0.25, 0.3) is 11.3 Å². The topological polar surface area (TPSA) is 59.8 Å². The molecule has 0 aliphatic rings. The van der Waals surface area contributed by atoms with E-state index in [9.17, 15) is 9.18 Å². The standard InChI is InChI=1S/C19H19FN4O/c1-13(2)11-24-12-18(22-23-24)16-10-15(8-9-17(16)20)21-19(25)14-6-4-3-5-7-14/h3-10,12-13H,11H2,1-2H3,(H,21,25). The molecular weight excluding hydrogens is 319 g/mol. The fraction of sp³-hybridized carbons (Fsp3) is 0.211. The van der Waals surface area contributed by atoms with Gasteiger partial charge in [-0.05, 0) is 36.2 Å². The first-order valence-corrected chi connectivity index (χ1v) is 8.09. The molecular formula is C19H19FN4O. The molecule has 0 aliphatic carbocycles. The van der Waals surface area contributed by atoms with Gasteiger partial charge in [0.2, 0.25) is 0 Å². The van der Waals surface area contributed by atoms with Gasteiger partial charge >= 0.3 is 0 Å². The number of aromatic nitrogens is 3. The SMILES string of the molecule is CC(C)Cn1cc(-c2cc(NC(=O)c3ccccc3)ccc2F)nn1. The molecule has 0 spiro atoms. The van der Waals surface area contributed by atoms with E-state index in [0.717, 1.165) is 0 Å². The van der Waals surface area contributed by atoms with Crippen molar-refractivity contribution in [3.8, 4) is 11.3 Å². The van der Waals surface area contributed by atoms with Crippen LogP contribution in [0, 0.1) is 11.7 Å². The summed E-state index contributed by atoms with van der Waals surface area (Å²) in [7, 11) is 0. The summed E-state index contributed by atoms with van der Waals surface area (Å²) in [4.78, 5) is 12.2. The zero-order valence-electron chi connectivity index (χ0n) is 14.1. The highest BCUT2D eigenvalue weighted by Crippen LogP contribution is 2.24. The number of anilines is 1. The van der Waals surface area contributed by atoms with Gasteiger partial charge in [-0.3, -0.25) is 9.48 Å². The summed E-state index contributed by atoms with van der Waals surface area (Å²) in [5.41, 5.74) is 1.79. The van der Waals surface area contributed by atoms with Crippen LogP contribution in [-0.2, 0) is 6.54 Å². The lowest BCUT2D eigenvalue weighted by Gasteiger charge is -2.07. The lowest BCUT2D eigenvalue weighted by Crippen LogP contribution is -2.11. The van der Waals surface area contributed by atoms with Crippen molar-refractivity contribution < 1.29 is 9.18 Å². The number of carbonyl (C=O) groups is 1.